The Morgan fingerprint density at radius 1 is 1.23 bits per heavy atom. The largest absolute Gasteiger partial charge is 0.389 e. The van der Waals surface area contributed by atoms with Gasteiger partial charge in [0.2, 0.25) is 0 Å². The third kappa shape index (κ3) is 8.18. The summed E-state index contributed by atoms with van der Waals surface area (Å²) in [6.45, 7) is 2.04. The Morgan fingerprint density at radius 3 is 2.31 bits per heavy atom. The van der Waals surface area contributed by atoms with Crippen LogP contribution in [-0.2, 0) is 5.11 Å². The predicted octanol–water partition coefficient (Wildman–Crippen LogP) is -0.339. The summed E-state index contributed by atoms with van der Waals surface area (Å²) in [5, 5.41) is 19.3. The molecular weight excluding hydrogens is 168 g/mol. The molecule has 4 heteroatoms. The predicted molar refractivity (Wildman–Crippen MR) is 52.2 cm³/mol. The van der Waals surface area contributed by atoms with Gasteiger partial charge in [0.05, 0.1) is 6.10 Å². The summed E-state index contributed by atoms with van der Waals surface area (Å²) in [5.41, 5.74) is 0. The Hall–Kier alpha value is -0.160. The van der Waals surface area contributed by atoms with E-state index >= 15 is 0 Å². The molecule has 0 aliphatic carbocycles. The molecule has 0 rings (SSSR count). The topological polar surface area (TPSA) is 46.6 Å². The molecule has 0 heterocycles. The zero-order valence-corrected chi connectivity index (χ0v) is 8.86. The fourth-order valence-electron chi connectivity index (χ4n) is 1.16. The number of nitrogens with zero attached hydrogens (tertiary/aromatic N) is 2. The summed E-state index contributed by atoms with van der Waals surface area (Å²) in [4.78, 5) is 4.12. The van der Waals surface area contributed by atoms with Crippen LogP contribution in [0.2, 0.25) is 0 Å². The van der Waals surface area contributed by atoms with E-state index in [-0.39, 0.29) is 0 Å². The normalized spacial score (nSPS) is 14.1. The molecule has 0 aromatic carbocycles. The van der Waals surface area contributed by atoms with Crippen LogP contribution in [0.25, 0.3) is 0 Å². The maximum atomic E-state index is 10.3. The minimum atomic E-state index is -0.718. The van der Waals surface area contributed by atoms with Crippen molar-refractivity contribution in [1.82, 2.24) is 9.80 Å². The van der Waals surface area contributed by atoms with E-state index in [9.17, 15) is 5.11 Å². The second-order valence-corrected chi connectivity index (χ2v) is 3.74. The Bertz CT molecular complexity index is 120. The highest BCUT2D eigenvalue weighted by Crippen LogP contribution is 1.92. The molecule has 4 nitrogen and oxygen atoms in total. The van der Waals surface area contributed by atoms with Gasteiger partial charge in [0.25, 0.3) is 0 Å². The van der Waals surface area contributed by atoms with Crippen molar-refractivity contribution < 1.29 is 10.2 Å². The average Bonchev–Trinajstić information content (AvgIpc) is 2.03. The van der Waals surface area contributed by atoms with Gasteiger partial charge in [0.1, 0.15) is 6.61 Å². The van der Waals surface area contributed by atoms with Gasteiger partial charge in [-0.25, -0.2) is 5.11 Å². The second-order valence-electron chi connectivity index (χ2n) is 3.74. The van der Waals surface area contributed by atoms with E-state index in [4.69, 9.17) is 5.11 Å². The fraction of sp³-hybridized carbons (Fsp3) is 1.00. The summed E-state index contributed by atoms with van der Waals surface area (Å²) in [5.74, 6) is 0. The number of hydrogen-bond donors (Lipinski definition) is 1. The van der Waals surface area contributed by atoms with Crippen molar-refractivity contribution in [3.8, 4) is 0 Å². The Balaban J connectivity index is 3.34. The van der Waals surface area contributed by atoms with Crippen LogP contribution in [0.1, 0.15) is 6.42 Å². The minimum absolute atomic E-state index is 0.405. The maximum Gasteiger partial charge on any atom is 0.109 e. The summed E-state index contributed by atoms with van der Waals surface area (Å²) in [7, 11) is 5.99. The number of likely N-dealkylation sites (N-methyl/N-ethyl adjacent to an activating group) is 1. The van der Waals surface area contributed by atoms with Crippen molar-refractivity contribution in [2.75, 3.05) is 47.4 Å². The first-order valence-electron chi connectivity index (χ1n) is 4.65. The van der Waals surface area contributed by atoms with Gasteiger partial charge < -0.3 is 14.9 Å². The first-order valence-corrected chi connectivity index (χ1v) is 4.65. The van der Waals surface area contributed by atoms with Crippen LogP contribution in [-0.4, -0.2) is 68.4 Å². The Labute approximate surface area is 80.8 Å². The summed E-state index contributed by atoms with van der Waals surface area (Å²) in [6, 6.07) is 0. The lowest BCUT2D eigenvalue weighted by atomic mass is 10.3. The molecule has 0 saturated heterocycles. The third-order valence-corrected chi connectivity index (χ3v) is 1.86. The molecule has 0 amide bonds. The van der Waals surface area contributed by atoms with Crippen LogP contribution in [0.15, 0.2) is 0 Å². The molecule has 1 unspecified atom stereocenters. The van der Waals surface area contributed by atoms with Crippen molar-refractivity contribution in [3.05, 3.63) is 0 Å². The van der Waals surface area contributed by atoms with E-state index in [1.54, 1.807) is 0 Å². The van der Waals surface area contributed by atoms with Crippen molar-refractivity contribution >= 4 is 0 Å². The molecular formula is C9H21N2O2. The maximum absolute atomic E-state index is 10.3. The van der Waals surface area contributed by atoms with Gasteiger partial charge in [0, 0.05) is 6.54 Å². The SMILES string of the molecule is CN(C)CCCN(C)CC(O)C[O]. The van der Waals surface area contributed by atoms with Gasteiger partial charge in [-0.05, 0) is 40.7 Å². The van der Waals surface area contributed by atoms with Gasteiger partial charge in [0.15, 0.2) is 0 Å². The van der Waals surface area contributed by atoms with Crippen molar-refractivity contribution in [2.24, 2.45) is 0 Å². The quantitative estimate of drug-likeness (QED) is 0.596. The first kappa shape index (κ1) is 12.8. The van der Waals surface area contributed by atoms with Crippen LogP contribution in [0.4, 0.5) is 0 Å². The number of rotatable bonds is 7. The van der Waals surface area contributed by atoms with Crippen LogP contribution in [0.3, 0.4) is 0 Å². The summed E-state index contributed by atoms with van der Waals surface area (Å²) in [6.07, 6.45) is 0.346. The Morgan fingerprint density at radius 2 is 1.85 bits per heavy atom. The third-order valence-electron chi connectivity index (χ3n) is 1.86. The zero-order valence-electron chi connectivity index (χ0n) is 8.86. The average molecular weight is 189 g/mol. The van der Waals surface area contributed by atoms with E-state index < -0.39 is 12.7 Å². The van der Waals surface area contributed by atoms with Gasteiger partial charge >= 0.3 is 0 Å². The molecule has 79 valence electrons. The van der Waals surface area contributed by atoms with Crippen molar-refractivity contribution in [3.63, 3.8) is 0 Å². The second kappa shape index (κ2) is 7.26. The van der Waals surface area contributed by atoms with E-state index in [0.717, 1.165) is 19.5 Å². The molecule has 0 saturated carbocycles. The van der Waals surface area contributed by atoms with E-state index in [1.165, 1.54) is 0 Å². The molecule has 0 aliphatic heterocycles. The fourth-order valence-corrected chi connectivity index (χ4v) is 1.16. The van der Waals surface area contributed by atoms with E-state index in [0.29, 0.717) is 6.54 Å². The molecule has 13 heavy (non-hydrogen) atoms. The molecule has 1 atom stereocenters. The molecule has 1 N–H and O–H groups in total. The lowest BCUT2D eigenvalue weighted by molar-refractivity contribution is 0.0345. The summed E-state index contributed by atoms with van der Waals surface area (Å²) >= 11 is 0. The highest BCUT2D eigenvalue weighted by atomic mass is 16.3. The smallest absolute Gasteiger partial charge is 0.109 e. The standard InChI is InChI=1S/C9H21N2O2/c1-10(2)5-4-6-11(3)7-9(13)8-12/h9,13H,4-8H2,1-3H3. The number of hydrogen-bond acceptors (Lipinski definition) is 3. The van der Waals surface area contributed by atoms with Gasteiger partial charge in [-0.2, -0.15) is 0 Å². The van der Waals surface area contributed by atoms with Crippen LogP contribution in [0, 0.1) is 0 Å². The zero-order chi connectivity index (χ0) is 10.3. The number of aliphatic hydroxyl groups excluding tert-OH is 1. The van der Waals surface area contributed by atoms with Crippen LogP contribution in [0.5, 0.6) is 0 Å². The monoisotopic (exact) mass is 189 g/mol. The minimum Gasteiger partial charge on any atom is -0.389 e. The molecule has 0 aromatic rings. The lowest BCUT2D eigenvalue weighted by Gasteiger charge is -2.19. The molecule has 0 aliphatic rings. The van der Waals surface area contributed by atoms with E-state index in [1.807, 2.05) is 26.0 Å². The van der Waals surface area contributed by atoms with Crippen molar-refractivity contribution in [2.45, 2.75) is 12.5 Å². The summed E-state index contributed by atoms with van der Waals surface area (Å²) < 4.78 is 0. The van der Waals surface area contributed by atoms with E-state index in [2.05, 4.69) is 4.90 Å². The van der Waals surface area contributed by atoms with Crippen molar-refractivity contribution in [1.29, 1.82) is 0 Å². The lowest BCUT2D eigenvalue weighted by Crippen LogP contribution is -2.32. The highest BCUT2D eigenvalue weighted by Gasteiger charge is 2.06. The highest BCUT2D eigenvalue weighted by molar-refractivity contribution is 4.60. The molecule has 1 radical (unpaired) electrons. The Kier molecular flexibility index (Phi) is 7.17. The van der Waals surface area contributed by atoms with Gasteiger partial charge in [-0.3, -0.25) is 0 Å². The molecule has 0 spiro atoms. The van der Waals surface area contributed by atoms with Gasteiger partial charge in [-0.15, -0.1) is 0 Å². The van der Waals surface area contributed by atoms with Crippen LogP contribution >= 0.6 is 0 Å². The van der Waals surface area contributed by atoms with Gasteiger partial charge in [-0.1, -0.05) is 0 Å². The van der Waals surface area contributed by atoms with Crippen LogP contribution < -0.4 is 0 Å². The number of aliphatic hydroxyl groups is 1. The molecule has 0 bridgehead atoms. The molecule has 0 fully saturated rings. The first-order chi connectivity index (χ1) is 6.06. The molecule has 0 aromatic heterocycles.